The summed E-state index contributed by atoms with van der Waals surface area (Å²) in [5.74, 6) is 0.714. The SMILES string of the molecule is COc1cccc(-c2nn(-c3ccccc3)cc2C2=NN(S(C)(=O)=O)[C@@H](c3ccc(C)cc3)C2)c1. The van der Waals surface area contributed by atoms with E-state index in [4.69, 9.17) is 9.84 Å². The van der Waals surface area contributed by atoms with Gasteiger partial charge in [-0.05, 0) is 36.8 Å². The second-order valence-electron chi connectivity index (χ2n) is 8.62. The van der Waals surface area contributed by atoms with Gasteiger partial charge in [0.2, 0.25) is 10.0 Å². The average molecular weight is 487 g/mol. The van der Waals surface area contributed by atoms with Crippen molar-refractivity contribution >= 4 is 15.7 Å². The molecule has 1 atom stereocenters. The molecule has 0 radical (unpaired) electrons. The number of para-hydroxylation sites is 1. The lowest BCUT2D eigenvalue weighted by atomic mass is 9.97. The third-order valence-corrected chi connectivity index (χ3v) is 7.08. The van der Waals surface area contributed by atoms with Crippen molar-refractivity contribution in [2.24, 2.45) is 5.10 Å². The summed E-state index contributed by atoms with van der Waals surface area (Å²) in [5, 5.41) is 9.50. The molecule has 0 spiro atoms. The minimum Gasteiger partial charge on any atom is -0.497 e. The molecule has 0 amide bonds. The van der Waals surface area contributed by atoms with Gasteiger partial charge in [0.1, 0.15) is 11.4 Å². The van der Waals surface area contributed by atoms with Gasteiger partial charge in [0.05, 0.1) is 30.8 Å². The fraction of sp³-hybridized carbons (Fsp3) is 0.185. The predicted molar refractivity (Wildman–Crippen MR) is 137 cm³/mol. The van der Waals surface area contributed by atoms with Crippen LogP contribution >= 0.6 is 0 Å². The summed E-state index contributed by atoms with van der Waals surface area (Å²) in [6, 6.07) is 25.0. The Labute approximate surface area is 205 Å². The Morgan fingerprint density at radius 3 is 2.40 bits per heavy atom. The Balaban J connectivity index is 1.64. The number of benzene rings is 3. The van der Waals surface area contributed by atoms with Crippen molar-refractivity contribution in [3.8, 4) is 22.7 Å². The van der Waals surface area contributed by atoms with E-state index in [0.29, 0.717) is 23.6 Å². The van der Waals surface area contributed by atoms with E-state index in [1.54, 1.807) is 11.8 Å². The quantitative estimate of drug-likeness (QED) is 0.386. The van der Waals surface area contributed by atoms with E-state index in [1.165, 1.54) is 10.7 Å². The van der Waals surface area contributed by atoms with Gasteiger partial charge in [-0.2, -0.15) is 14.6 Å². The van der Waals surface area contributed by atoms with E-state index in [1.807, 2.05) is 92.0 Å². The zero-order chi connectivity index (χ0) is 24.6. The minimum absolute atomic E-state index is 0.418. The van der Waals surface area contributed by atoms with Crippen LogP contribution in [0.2, 0.25) is 0 Å². The maximum Gasteiger partial charge on any atom is 0.247 e. The molecule has 2 heterocycles. The van der Waals surface area contributed by atoms with Crippen molar-refractivity contribution in [3.63, 3.8) is 0 Å². The molecule has 0 N–H and O–H groups in total. The molecule has 3 aromatic carbocycles. The summed E-state index contributed by atoms with van der Waals surface area (Å²) in [7, 11) is -1.96. The summed E-state index contributed by atoms with van der Waals surface area (Å²) >= 11 is 0. The number of nitrogens with zero attached hydrogens (tertiary/aromatic N) is 4. The van der Waals surface area contributed by atoms with Gasteiger partial charge in [-0.15, -0.1) is 0 Å². The lowest BCUT2D eigenvalue weighted by Crippen LogP contribution is -2.25. The van der Waals surface area contributed by atoms with Crippen molar-refractivity contribution in [1.82, 2.24) is 14.2 Å². The molecule has 35 heavy (non-hydrogen) atoms. The first-order chi connectivity index (χ1) is 16.8. The van der Waals surface area contributed by atoms with Gasteiger partial charge < -0.3 is 4.74 Å². The molecular formula is C27H26N4O3S. The van der Waals surface area contributed by atoms with E-state index in [2.05, 4.69) is 5.10 Å². The van der Waals surface area contributed by atoms with E-state index in [0.717, 1.165) is 27.9 Å². The van der Waals surface area contributed by atoms with E-state index in [-0.39, 0.29) is 0 Å². The second kappa shape index (κ2) is 9.03. The molecule has 0 fully saturated rings. The van der Waals surface area contributed by atoms with Gasteiger partial charge in [-0.1, -0.05) is 60.2 Å². The maximum absolute atomic E-state index is 12.7. The third-order valence-electron chi connectivity index (χ3n) is 6.06. The number of hydrogen-bond acceptors (Lipinski definition) is 5. The summed E-state index contributed by atoms with van der Waals surface area (Å²) in [6.07, 6.45) is 3.55. The molecule has 0 bridgehead atoms. The highest BCUT2D eigenvalue weighted by Crippen LogP contribution is 2.37. The van der Waals surface area contributed by atoms with Crippen LogP contribution in [0.3, 0.4) is 0 Å². The highest BCUT2D eigenvalue weighted by molar-refractivity contribution is 7.88. The number of ether oxygens (including phenoxy) is 1. The Morgan fingerprint density at radius 2 is 1.71 bits per heavy atom. The Morgan fingerprint density at radius 1 is 0.971 bits per heavy atom. The Kier molecular flexibility index (Phi) is 5.90. The standard InChI is InChI=1S/C27H26N4O3S/c1-19-12-14-20(15-13-19)26-17-25(28-31(26)35(3,32)33)24-18-30(22-9-5-4-6-10-22)29-27(24)21-8-7-11-23(16-21)34-2/h4-16,18,26H,17H2,1-3H3/t26-/m1/s1. The number of aryl methyl sites for hydroxylation is 1. The van der Waals surface area contributed by atoms with Crippen LogP contribution in [0.25, 0.3) is 16.9 Å². The fourth-order valence-electron chi connectivity index (χ4n) is 4.28. The highest BCUT2D eigenvalue weighted by atomic mass is 32.2. The van der Waals surface area contributed by atoms with Crippen LogP contribution in [0.4, 0.5) is 0 Å². The molecule has 8 heteroatoms. The number of sulfonamides is 1. The molecule has 1 aliphatic heterocycles. The first-order valence-electron chi connectivity index (χ1n) is 11.3. The average Bonchev–Trinajstić information content (AvgIpc) is 3.50. The Hall–Kier alpha value is -3.91. The first kappa shape index (κ1) is 22.9. The third kappa shape index (κ3) is 4.57. The van der Waals surface area contributed by atoms with Crippen LogP contribution in [-0.4, -0.2) is 41.7 Å². The molecule has 178 valence electrons. The van der Waals surface area contributed by atoms with Crippen LogP contribution in [-0.2, 0) is 10.0 Å². The molecule has 0 aliphatic carbocycles. The molecule has 5 rings (SSSR count). The minimum atomic E-state index is -3.59. The molecule has 4 aromatic rings. The largest absolute Gasteiger partial charge is 0.497 e. The van der Waals surface area contributed by atoms with Gasteiger partial charge >= 0.3 is 0 Å². The maximum atomic E-state index is 12.7. The van der Waals surface area contributed by atoms with Crippen LogP contribution in [0, 0.1) is 6.92 Å². The van der Waals surface area contributed by atoms with Gasteiger partial charge in [-0.25, -0.2) is 13.1 Å². The van der Waals surface area contributed by atoms with Crippen molar-refractivity contribution < 1.29 is 13.2 Å². The zero-order valence-corrected chi connectivity index (χ0v) is 20.6. The summed E-state index contributed by atoms with van der Waals surface area (Å²) in [4.78, 5) is 0. The van der Waals surface area contributed by atoms with Crippen LogP contribution in [0.15, 0.2) is 90.2 Å². The van der Waals surface area contributed by atoms with Crippen LogP contribution in [0.5, 0.6) is 5.75 Å². The van der Waals surface area contributed by atoms with Gasteiger partial charge in [-0.3, -0.25) is 0 Å². The topological polar surface area (TPSA) is 76.8 Å². The fourth-order valence-corrected chi connectivity index (χ4v) is 5.18. The van der Waals surface area contributed by atoms with Crippen molar-refractivity contribution in [2.45, 2.75) is 19.4 Å². The first-order valence-corrected chi connectivity index (χ1v) is 13.1. The molecule has 0 saturated carbocycles. The number of methoxy groups -OCH3 is 1. The molecule has 0 saturated heterocycles. The van der Waals surface area contributed by atoms with Crippen LogP contribution < -0.4 is 4.74 Å². The number of rotatable bonds is 6. The van der Waals surface area contributed by atoms with E-state index in [9.17, 15) is 8.42 Å². The molecular weight excluding hydrogens is 460 g/mol. The highest BCUT2D eigenvalue weighted by Gasteiger charge is 2.36. The van der Waals surface area contributed by atoms with E-state index < -0.39 is 16.1 Å². The van der Waals surface area contributed by atoms with Crippen molar-refractivity contribution in [2.75, 3.05) is 13.4 Å². The number of hydrogen-bond donors (Lipinski definition) is 0. The lowest BCUT2D eigenvalue weighted by Gasteiger charge is -2.21. The lowest BCUT2D eigenvalue weighted by molar-refractivity contribution is 0.375. The molecule has 1 aromatic heterocycles. The van der Waals surface area contributed by atoms with Gasteiger partial charge in [0.25, 0.3) is 0 Å². The predicted octanol–water partition coefficient (Wildman–Crippen LogP) is 4.97. The molecule has 1 aliphatic rings. The summed E-state index contributed by atoms with van der Waals surface area (Å²) < 4.78 is 33.9. The second-order valence-corrected chi connectivity index (χ2v) is 10.5. The van der Waals surface area contributed by atoms with E-state index >= 15 is 0 Å². The van der Waals surface area contributed by atoms with Crippen LogP contribution in [0.1, 0.15) is 29.2 Å². The number of hydrazone groups is 1. The van der Waals surface area contributed by atoms with Gasteiger partial charge in [0, 0.05) is 23.7 Å². The zero-order valence-electron chi connectivity index (χ0n) is 19.8. The molecule has 0 unspecified atom stereocenters. The normalized spacial score (nSPS) is 15.8. The smallest absolute Gasteiger partial charge is 0.247 e. The van der Waals surface area contributed by atoms with Crippen molar-refractivity contribution in [3.05, 3.63) is 102 Å². The van der Waals surface area contributed by atoms with Crippen molar-refractivity contribution in [1.29, 1.82) is 0 Å². The van der Waals surface area contributed by atoms with Gasteiger partial charge in [0.15, 0.2) is 0 Å². The summed E-state index contributed by atoms with van der Waals surface area (Å²) in [5.41, 5.74) is 5.94. The summed E-state index contributed by atoms with van der Waals surface area (Å²) in [6.45, 7) is 2.01. The molecule has 7 nitrogen and oxygen atoms in total. The Bertz CT molecular complexity index is 1490. The number of aromatic nitrogens is 2. The monoisotopic (exact) mass is 486 g/mol.